The van der Waals surface area contributed by atoms with Gasteiger partial charge in [-0.25, -0.2) is 4.98 Å². The number of nitrogens with zero attached hydrogens (tertiary/aromatic N) is 5. The van der Waals surface area contributed by atoms with Crippen molar-refractivity contribution in [1.29, 1.82) is 5.26 Å². The molecule has 1 saturated heterocycles. The van der Waals surface area contributed by atoms with Crippen LogP contribution in [0.25, 0.3) is 0 Å². The fourth-order valence-corrected chi connectivity index (χ4v) is 5.63. The van der Waals surface area contributed by atoms with Crippen molar-refractivity contribution in [2.45, 2.75) is 49.5 Å². The molecule has 1 saturated carbocycles. The van der Waals surface area contributed by atoms with Gasteiger partial charge >= 0.3 is 0 Å². The molecule has 1 aliphatic heterocycles. The number of aliphatic hydroxyl groups is 1. The van der Waals surface area contributed by atoms with Crippen LogP contribution in [0.4, 0.5) is 5.69 Å². The molecule has 2 heterocycles. The molecule has 1 aromatic heterocycles. The van der Waals surface area contributed by atoms with Crippen LogP contribution in [0.1, 0.15) is 43.5 Å². The molecular formula is C25H34N6O3. The zero-order valence-corrected chi connectivity index (χ0v) is 20.2. The Bertz CT molecular complexity index is 1000. The second-order valence-electron chi connectivity index (χ2n) is 9.14. The van der Waals surface area contributed by atoms with Gasteiger partial charge in [-0.15, -0.1) is 0 Å². The van der Waals surface area contributed by atoms with E-state index in [2.05, 4.69) is 44.5 Å². The molecule has 1 aliphatic carbocycles. The molecule has 2 fully saturated rings. The molecule has 1 unspecified atom stereocenters. The Kier molecular flexibility index (Phi) is 7.33. The van der Waals surface area contributed by atoms with Crippen molar-refractivity contribution in [3.05, 3.63) is 47.9 Å². The van der Waals surface area contributed by atoms with E-state index in [1.165, 1.54) is 12.7 Å². The highest BCUT2D eigenvalue weighted by molar-refractivity contribution is 5.56. The molecule has 0 bridgehead atoms. The van der Waals surface area contributed by atoms with Crippen LogP contribution in [-0.4, -0.2) is 72.8 Å². The summed E-state index contributed by atoms with van der Waals surface area (Å²) in [5, 5.41) is 24.3. The van der Waals surface area contributed by atoms with Crippen molar-refractivity contribution >= 4 is 5.69 Å². The summed E-state index contributed by atoms with van der Waals surface area (Å²) in [5.74, 6) is 0.337. The first-order chi connectivity index (χ1) is 16.5. The van der Waals surface area contributed by atoms with Gasteiger partial charge in [-0.1, -0.05) is 30.3 Å². The van der Waals surface area contributed by atoms with E-state index in [0.717, 1.165) is 32.1 Å². The van der Waals surface area contributed by atoms with E-state index in [9.17, 15) is 10.4 Å². The fourth-order valence-electron chi connectivity index (χ4n) is 5.63. The molecule has 34 heavy (non-hydrogen) atoms. The fraction of sp³-hybridized carbons (Fsp3) is 0.560. The highest BCUT2D eigenvalue weighted by Crippen LogP contribution is 2.48. The smallest absolute Gasteiger partial charge is 0.241 e. The standard InChI is InChI=1S/C25H34N6O3/c1-27-25(19-8-5-4-6-9-19)12-10-24(11-13-25)18-30(23(32)31(24)14-7-15-33-2)20-17-28-21(16-26)29-22(20)34-3/h4-6,8-9,17,23,27,32H,7,10-15,18H2,1-3H3/t23?,24-,25+. The molecule has 4 rings (SSSR count). The van der Waals surface area contributed by atoms with Crippen LogP contribution in [0.2, 0.25) is 0 Å². The zero-order valence-electron chi connectivity index (χ0n) is 20.2. The third-order valence-corrected chi connectivity index (χ3v) is 7.56. The van der Waals surface area contributed by atoms with E-state index in [1.54, 1.807) is 13.3 Å². The number of nitrogens with one attached hydrogen (secondary N) is 1. The van der Waals surface area contributed by atoms with Crippen molar-refractivity contribution < 1.29 is 14.6 Å². The molecule has 2 aromatic rings. The Hall–Kier alpha value is -2.77. The van der Waals surface area contributed by atoms with Crippen molar-refractivity contribution in [2.24, 2.45) is 0 Å². The van der Waals surface area contributed by atoms with E-state index in [4.69, 9.17) is 9.47 Å². The summed E-state index contributed by atoms with van der Waals surface area (Å²) in [6.07, 6.45) is 5.29. The molecule has 1 atom stereocenters. The van der Waals surface area contributed by atoms with Gasteiger partial charge in [-0.05, 0) is 44.7 Å². The number of nitriles is 1. The highest BCUT2D eigenvalue weighted by atomic mass is 16.5. The maximum atomic E-state index is 11.5. The number of methoxy groups -OCH3 is 2. The van der Waals surface area contributed by atoms with Crippen molar-refractivity contribution in [2.75, 3.05) is 45.9 Å². The SMILES string of the molecule is CN[C@]1(c2ccccc2)CC[C@]2(CC1)CN(c1cnc(C#N)nc1OC)C(O)N2CCCOC. The largest absolute Gasteiger partial charge is 0.479 e. The molecule has 9 nitrogen and oxygen atoms in total. The van der Waals surface area contributed by atoms with Crippen LogP contribution < -0.4 is 15.0 Å². The van der Waals surface area contributed by atoms with Gasteiger partial charge in [-0.3, -0.25) is 4.90 Å². The lowest BCUT2D eigenvalue weighted by molar-refractivity contribution is -0.0443. The molecule has 1 spiro atoms. The summed E-state index contributed by atoms with van der Waals surface area (Å²) >= 11 is 0. The minimum atomic E-state index is -0.846. The first kappa shape index (κ1) is 24.4. The van der Waals surface area contributed by atoms with Crippen LogP contribution >= 0.6 is 0 Å². The number of rotatable bonds is 8. The monoisotopic (exact) mass is 466 g/mol. The average Bonchev–Trinajstić information content (AvgIpc) is 3.16. The predicted molar refractivity (Wildman–Crippen MR) is 128 cm³/mol. The van der Waals surface area contributed by atoms with Gasteiger partial charge in [0.2, 0.25) is 11.7 Å². The second kappa shape index (κ2) is 10.2. The topological polar surface area (TPSA) is 107 Å². The number of aromatic nitrogens is 2. The zero-order chi connectivity index (χ0) is 24.2. The Morgan fingerprint density at radius 3 is 2.56 bits per heavy atom. The van der Waals surface area contributed by atoms with E-state index in [0.29, 0.717) is 31.3 Å². The molecule has 9 heteroatoms. The van der Waals surface area contributed by atoms with Gasteiger partial charge < -0.3 is 24.8 Å². The van der Waals surface area contributed by atoms with E-state index >= 15 is 0 Å². The second-order valence-corrected chi connectivity index (χ2v) is 9.14. The average molecular weight is 467 g/mol. The number of aliphatic hydroxyl groups excluding tert-OH is 1. The Morgan fingerprint density at radius 1 is 1.21 bits per heavy atom. The van der Waals surface area contributed by atoms with Crippen molar-refractivity contribution in [1.82, 2.24) is 20.2 Å². The van der Waals surface area contributed by atoms with Crippen LogP contribution in [-0.2, 0) is 10.3 Å². The van der Waals surface area contributed by atoms with Gasteiger partial charge in [0.15, 0.2) is 6.35 Å². The van der Waals surface area contributed by atoms with Crippen LogP contribution in [0.15, 0.2) is 36.5 Å². The van der Waals surface area contributed by atoms with Crippen LogP contribution in [0.5, 0.6) is 5.88 Å². The van der Waals surface area contributed by atoms with Gasteiger partial charge in [-0.2, -0.15) is 10.2 Å². The summed E-state index contributed by atoms with van der Waals surface area (Å²) in [7, 11) is 5.25. The number of hydrogen-bond donors (Lipinski definition) is 2. The van der Waals surface area contributed by atoms with Crippen molar-refractivity contribution in [3.8, 4) is 11.9 Å². The number of hydrogen-bond acceptors (Lipinski definition) is 9. The number of anilines is 1. The quantitative estimate of drug-likeness (QED) is 0.566. The van der Waals surface area contributed by atoms with Crippen molar-refractivity contribution in [3.63, 3.8) is 0 Å². The lowest BCUT2D eigenvalue weighted by Crippen LogP contribution is -2.56. The summed E-state index contributed by atoms with van der Waals surface area (Å²) < 4.78 is 10.8. The van der Waals surface area contributed by atoms with Gasteiger partial charge in [0.05, 0.1) is 13.3 Å². The molecule has 0 radical (unpaired) electrons. The Balaban J connectivity index is 1.64. The van der Waals surface area contributed by atoms with Crippen LogP contribution in [0.3, 0.4) is 0 Å². The number of benzene rings is 1. The summed E-state index contributed by atoms with van der Waals surface area (Å²) in [6.45, 7) is 1.97. The maximum Gasteiger partial charge on any atom is 0.241 e. The first-order valence-corrected chi connectivity index (χ1v) is 11.8. The summed E-state index contributed by atoms with van der Waals surface area (Å²) in [6, 6.07) is 12.6. The number of ether oxygens (including phenoxy) is 2. The molecular weight excluding hydrogens is 432 g/mol. The lowest BCUT2D eigenvalue weighted by atomic mass is 9.69. The Morgan fingerprint density at radius 2 is 1.94 bits per heavy atom. The molecule has 2 N–H and O–H groups in total. The van der Waals surface area contributed by atoms with E-state index in [-0.39, 0.29) is 16.9 Å². The summed E-state index contributed by atoms with van der Waals surface area (Å²) in [5.41, 5.74) is 1.60. The van der Waals surface area contributed by atoms with Gasteiger partial charge in [0, 0.05) is 37.9 Å². The first-order valence-electron chi connectivity index (χ1n) is 11.8. The predicted octanol–water partition coefficient (Wildman–Crippen LogP) is 2.22. The van der Waals surface area contributed by atoms with Gasteiger partial charge in [0.25, 0.3) is 0 Å². The molecule has 1 aromatic carbocycles. The minimum absolute atomic E-state index is 0.0419. The maximum absolute atomic E-state index is 11.5. The normalized spacial score (nSPS) is 27.1. The highest BCUT2D eigenvalue weighted by Gasteiger charge is 2.54. The van der Waals surface area contributed by atoms with E-state index < -0.39 is 6.35 Å². The van der Waals surface area contributed by atoms with E-state index in [1.807, 2.05) is 24.1 Å². The third-order valence-electron chi connectivity index (χ3n) is 7.56. The molecule has 0 amide bonds. The molecule has 182 valence electrons. The minimum Gasteiger partial charge on any atom is -0.479 e. The van der Waals surface area contributed by atoms with Gasteiger partial charge in [0.1, 0.15) is 11.8 Å². The lowest BCUT2D eigenvalue weighted by Gasteiger charge is -2.48. The van der Waals surface area contributed by atoms with Crippen LogP contribution in [0, 0.1) is 11.3 Å². The summed E-state index contributed by atoms with van der Waals surface area (Å²) in [4.78, 5) is 12.5. The Labute approximate surface area is 201 Å². The third kappa shape index (κ3) is 4.34. The molecule has 2 aliphatic rings.